The van der Waals surface area contributed by atoms with Crippen molar-refractivity contribution >= 4 is 29.6 Å². The lowest BCUT2D eigenvalue weighted by Gasteiger charge is -2.27. The summed E-state index contributed by atoms with van der Waals surface area (Å²) in [6.45, 7) is 3.69. The van der Waals surface area contributed by atoms with Gasteiger partial charge in [0.25, 0.3) is 11.8 Å². The summed E-state index contributed by atoms with van der Waals surface area (Å²) in [5.41, 5.74) is 9.80. The van der Waals surface area contributed by atoms with Crippen LogP contribution in [0.15, 0.2) is 0 Å². The molecular formula is C20H32N4O6. The molecule has 0 aromatic rings. The van der Waals surface area contributed by atoms with Crippen LogP contribution in [0.4, 0.5) is 4.79 Å². The summed E-state index contributed by atoms with van der Waals surface area (Å²) in [5, 5.41) is 5.27. The van der Waals surface area contributed by atoms with Crippen LogP contribution in [-0.4, -0.2) is 47.3 Å². The molecule has 0 aromatic heterocycles. The fourth-order valence-electron chi connectivity index (χ4n) is 4.41. The van der Waals surface area contributed by atoms with Crippen LogP contribution in [0.2, 0.25) is 0 Å². The third-order valence-electron chi connectivity index (χ3n) is 5.81. The van der Waals surface area contributed by atoms with Gasteiger partial charge >= 0.3 is 6.09 Å². The molecule has 1 saturated carbocycles. The van der Waals surface area contributed by atoms with Crippen molar-refractivity contribution in [3.8, 4) is 0 Å². The molecule has 1 saturated heterocycles. The Hall–Kier alpha value is -2.65. The van der Waals surface area contributed by atoms with E-state index in [-0.39, 0.29) is 24.7 Å². The Morgan fingerprint density at radius 2 is 1.77 bits per heavy atom. The Labute approximate surface area is 175 Å². The summed E-state index contributed by atoms with van der Waals surface area (Å²) < 4.78 is 5.00. The highest BCUT2D eigenvalue weighted by Gasteiger charge is 2.41. The monoisotopic (exact) mass is 424 g/mol. The van der Waals surface area contributed by atoms with Gasteiger partial charge in [0.05, 0.1) is 6.04 Å². The number of carbonyl (C=O) groups excluding carboxylic acids is 5. The van der Waals surface area contributed by atoms with Gasteiger partial charge < -0.3 is 26.8 Å². The maximum atomic E-state index is 12.8. The summed E-state index contributed by atoms with van der Waals surface area (Å²) in [7, 11) is 0. The van der Waals surface area contributed by atoms with Gasteiger partial charge in [0.2, 0.25) is 11.7 Å². The third kappa shape index (κ3) is 6.70. The number of carbonyl (C=O) groups is 5. The molecule has 3 atom stereocenters. The Balaban J connectivity index is 2.11. The first-order valence-corrected chi connectivity index (χ1v) is 10.4. The van der Waals surface area contributed by atoms with Gasteiger partial charge in [0, 0.05) is 11.5 Å². The Bertz CT molecular complexity index is 701. The van der Waals surface area contributed by atoms with Gasteiger partial charge in [-0.3, -0.25) is 19.2 Å². The maximum absolute atomic E-state index is 12.8. The van der Waals surface area contributed by atoms with E-state index in [1.54, 1.807) is 0 Å². The van der Waals surface area contributed by atoms with Gasteiger partial charge in [-0.2, -0.15) is 0 Å². The molecule has 2 fully saturated rings. The standard InChI is InChI=1S/C20H32N4O6/c1-20(2)10-12(17(27)24-20)9-13(15(25)16(21)26)23-18(28)14(30-19(22)29)8-11-6-4-3-5-7-11/h11-14H,3-10H2,1-2H3,(H2,21,26)(H2,22,29)(H,23,28)(H,24,27). The topological polar surface area (TPSA) is 171 Å². The molecule has 30 heavy (non-hydrogen) atoms. The van der Waals surface area contributed by atoms with Crippen molar-refractivity contribution in [2.75, 3.05) is 0 Å². The lowest BCUT2D eigenvalue weighted by Crippen LogP contribution is -2.51. The summed E-state index contributed by atoms with van der Waals surface area (Å²) in [4.78, 5) is 60.1. The normalized spacial score (nSPS) is 23.1. The van der Waals surface area contributed by atoms with Crippen molar-refractivity contribution < 1.29 is 28.7 Å². The Morgan fingerprint density at radius 1 is 1.13 bits per heavy atom. The number of primary amides is 2. The lowest BCUT2D eigenvalue weighted by atomic mass is 9.85. The fraction of sp³-hybridized carbons (Fsp3) is 0.750. The molecule has 0 bridgehead atoms. The van der Waals surface area contributed by atoms with Crippen LogP contribution in [0.3, 0.4) is 0 Å². The average molecular weight is 424 g/mol. The van der Waals surface area contributed by atoms with Gasteiger partial charge in [-0.1, -0.05) is 32.1 Å². The zero-order valence-corrected chi connectivity index (χ0v) is 17.6. The summed E-state index contributed by atoms with van der Waals surface area (Å²) >= 11 is 0. The smallest absolute Gasteiger partial charge is 0.405 e. The molecule has 2 aliphatic rings. The third-order valence-corrected chi connectivity index (χ3v) is 5.81. The summed E-state index contributed by atoms with van der Waals surface area (Å²) in [6, 6.07) is -1.29. The molecule has 4 amide bonds. The van der Waals surface area contributed by atoms with Gasteiger partial charge in [-0.25, -0.2) is 4.79 Å². The SMILES string of the molecule is CC1(C)CC(CC(NC(=O)C(CC2CCCCC2)OC(N)=O)C(=O)C(N)=O)C(=O)N1. The predicted octanol–water partition coefficient (Wildman–Crippen LogP) is 0.265. The van der Waals surface area contributed by atoms with E-state index < -0.39 is 47.3 Å². The van der Waals surface area contributed by atoms with Crippen LogP contribution in [0, 0.1) is 11.8 Å². The molecule has 3 unspecified atom stereocenters. The quantitative estimate of drug-likeness (QED) is 0.387. The summed E-state index contributed by atoms with van der Waals surface area (Å²) in [5.74, 6) is -3.57. The molecule has 6 N–H and O–H groups in total. The lowest BCUT2D eigenvalue weighted by molar-refractivity contribution is -0.140. The van der Waals surface area contributed by atoms with Gasteiger partial charge in [-0.15, -0.1) is 0 Å². The highest BCUT2D eigenvalue weighted by Crippen LogP contribution is 2.29. The molecule has 10 nitrogen and oxygen atoms in total. The molecular weight excluding hydrogens is 392 g/mol. The highest BCUT2D eigenvalue weighted by atomic mass is 16.6. The second-order valence-corrected chi connectivity index (χ2v) is 8.96. The largest absolute Gasteiger partial charge is 0.436 e. The number of nitrogens with one attached hydrogen (secondary N) is 2. The van der Waals surface area contributed by atoms with Crippen molar-refractivity contribution in [3.63, 3.8) is 0 Å². The average Bonchev–Trinajstić information content (AvgIpc) is 2.91. The van der Waals surface area contributed by atoms with E-state index in [0.717, 1.165) is 32.1 Å². The van der Waals surface area contributed by atoms with Crippen LogP contribution < -0.4 is 22.1 Å². The minimum Gasteiger partial charge on any atom is -0.436 e. The van der Waals surface area contributed by atoms with Crippen LogP contribution >= 0.6 is 0 Å². The minimum absolute atomic E-state index is 0.0739. The number of Topliss-reactive ketones (excluding diaryl/α,β-unsaturated/α-hetero) is 1. The zero-order chi connectivity index (χ0) is 22.5. The van der Waals surface area contributed by atoms with E-state index >= 15 is 0 Å². The van der Waals surface area contributed by atoms with Crippen LogP contribution in [0.25, 0.3) is 0 Å². The van der Waals surface area contributed by atoms with Crippen molar-refractivity contribution in [2.24, 2.45) is 23.3 Å². The number of nitrogens with two attached hydrogens (primary N) is 2. The number of hydrogen-bond acceptors (Lipinski definition) is 6. The summed E-state index contributed by atoms with van der Waals surface area (Å²) in [6.07, 6.45) is 3.38. The first kappa shape index (κ1) is 23.6. The Morgan fingerprint density at radius 3 is 2.27 bits per heavy atom. The minimum atomic E-state index is -1.29. The molecule has 1 aliphatic heterocycles. The second-order valence-electron chi connectivity index (χ2n) is 8.96. The molecule has 1 heterocycles. The first-order chi connectivity index (χ1) is 14.0. The maximum Gasteiger partial charge on any atom is 0.405 e. The number of ether oxygens (including phenoxy) is 1. The van der Waals surface area contributed by atoms with E-state index in [4.69, 9.17) is 16.2 Å². The van der Waals surface area contributed by atoms with Crippen molar-refractivity contribution in [2.45, 2.75) is 82.9 Å². The number of amides is 4. The van der Waals surface area contributed by atoms with Crippen molar-refractivity contribution in [3.05, 3.63) is 0 Å². The molecule has 168 valence electrons. The van der Waals surface area contributed by atoms with Crippen LogP contribution in [0.1, 0.15) is 65.2 Å². The molecule has 0 radical (unpaired) electrons. The van der Waals surface area contributed by atoms with Crippen LogP contribution in [-0.2, 0) is 23.9 Å². The van der Waals surface area contributed by atoms with Crippen molar-refractivity contribution in [1.29, 1.82) is 0 Å². The highest BCUT2D eigenvalue weighted by molar-refractivity contribution is 6.37. The van der Waals surface area contributed by atoms with Crippen molar-refractivity contribution in [1.82, 2.24) is 10.6 Å². The van der Waals surface area contributed by atoms with Gasteiger partial charge in [0.1, 0.15) is 0 Å². The van der Waals surface area contributed by atoms with E-state index in [0.29, 0.717) is 6.42 Å². The molecule has 0 spiro atoms. The molecule has 0 aromatic carbocycles. The molecule has 10 heteroatoms. The second kappa shape index (κ2) is 9.90. The Kier molecular flexibility index (Phi) is 7.80. The number of ketones is 1. The van der Waals surface area contributed by atoms with E-state index in [9.17, 15) is 24.0 Å². The van der Waals surface area contributed by atoms with Crippen LogP contribution in [0.5, 0.6) is 0 Å². The van der Waals surface area contributed by atoms with Gasteiger partial charge in [0.15, 0.2) is 6.10 Å². The number of rotatable bonds is 9. The van der Waals surface area contributed by atoms with Gasteiger partial charge in [-0.05, 0) is 39.0 Å². The number of hydrogen-bond donors (Lipinski definition) is 4. The van der Waals surface area contributed by atoms with E-state index in [1.165, 1.54) is 0 Å². The first-order valence-electron chi connectivity index (χ1n) is 10.4. The molecule has 1 aliphatic carbocycles. The molecule has 2 rings (SSSR count). The fourth-order valence-corrected chi connectivity index (χ4v) is 4.41. The van der Waals surface area contributed by atoms with E-state index in [2.05, 4.69) is 10.6 Å². The zero-order valence-electron chi connectivity index (χ0n) is 17.6. The van der Waals surface area contributed by atoms with E-state index in [1.807, 2.05) is 13.8 Å². The predicted molar refractivity (Wildman–Crippen MR) is 107 cm³/mol.